The van der Waals surface area contributed by atoms with Crippen LogP contribution >= 0.6 is 45.9 Å². The van der Waals surface area contributed by atoms with Crippen LogP contribution in [0.25, 0.3) is 43.2 Å². The van der Waals surface area contributed by atoms with Gasteiger partial charge in [-0.15, -0.1) is 35.8 Å². The second kappa shape index (κ2) is 34.7. The highest BCUT2D eigenvalue weighted by Gasteiger charge is 2.66. The lowest BCUT2D eigenvalue weighted by molar-refractivity contribution is -0.149. The maximum atomic E-state index is 14.6. The highest BCUT2D eigenvalue weighted by molar-refractivity contribution is 7.92. The normalized spacial score (nSPS) is 27.6. The van der Waals surface area contributed by atoms with Crippen LogP contribution in [0.15, 0.2) is 72.5 Å². The molecule has 4 aromatic heterocycles. The Morgan fingerprint density at radius 2 is 1.02 bits per heavy atom. The second-order valence-corrected chi connectivity index (χ2v) is 43.0. The number of piperazine rings is 1. The average molecular weight is 1770 g/mol. The fraction of sp³-hybridized carbons (Fsp3) is 0.609. The first-order chi connectivity index (χ1) is 57.1. The van der Waals surface area contributed by atoms with Gasteiger partial charge in [0, 0.05) is 111 Å². The molecule has 0 radical (unpaired) electrons. The molecule has 0 unspecified atom stereocenters. The number of rotatable bonds is 32. The van der Waals surface area contributed by atoms with Gasteiger partial charge >= 0.3 is 0 Å². The Bertz CT molecular complexity index is 4900. The molecule has 3 N–H and O–H groups in total. The van der Waals surface area contributed by atoms with Gasteiger partial charge in [0.1, 0.15) is 79.9 Å². The van der Waals surface area contributed by atoms with Crippen molar-refractivity contribution in [2.75, 3.05) is 85.5 Å². The highest BCUT2D eigenvalue weighted by atomic mass is 35.5. The fourth-order valence-corrected chi connectivity index (χ4v) is 22.9. The Morgan fingerprint density at radius 1 is 0.600 bits per heavy atom. The van der Waals surface area contributed by atoms with E-state index in [0.717, 1.165) is 50.7 Å². The summed E-state index contributed by atoms with van der Waals surface area (Å²) < 4.78 is 92.5. The first-order valence-electron chi connectivity index (χ1n) is 42.3. The predicted octanol–water partition coefficient (Wildman–Crippen LogP) is 12.1. The number of ketones is 2. The molecular formula is C87H111Cl2N11O16S4. The molecule has 10 fully saturated rings. The Morgan fingerprint density at radius 3 is 1.41 bits per heavy atom. The number of halogens is 2. The molecule has 0 spiro atoms. The van der Waals surface area contributed by atoms with Crippen LogP contribution in [0.3, 0.4) is 0 Å². The van der Waals surface area contributed by atoms with Crippen LogP contribution in [0.5, 0.6) is 23.0 Å². The average Bonchev–Trinajstić information content (AvgIpc) is 1.56. The summed E-state index contributed by atoms with van der Waals surface area (Å²) in [6.07, 6.45) is 5.69. The number of nitrogens with zero attached hydrogens (tertiary/aromatic N) is 8. The molecule has 12 atom stereocenters. The largest absolute Gasteiger partial charge is 0.491 e. The zero-order chi connectivity index (χ0) is 85.4. The van der Waals surface area contributed by atoms with Gasteiger partial charge in [0.05, 0.1) is 99.4 Å². The number of allylic oxidation sites excluding steroid dienone is 2. The molecule has 0 bridgehead atoms. The third-order valence-electron chi connectivity index (χ3n) is 26.6. The molecule has 2 aromatic carbocycles. The summed E-state index contributed by atoms with van der Waals surface area (Å²) in [5.74, 6) is -0.916. The minimum atomic E-state index is -3.93. The topological polar surface area (TPSA) is 327 Å². The number of pyridine rings is 2. The maximum absolute atomic E-state index is 14.6. The van der Waals surface area contributed by atoms with E-state index in [0.29, 0.717) is 174 Å². The minimum Gasteiger partial charge on any atom is -0.491 e. The zero-order valence-corrected chi connectivity index (χ0v) is 74.7. The molecule has 4 aliphatic carbocycles. The van der Waals surface area contributed by atoms with E-state index in [4.69, 9.17) is 71.6 Å². The SMILES string of the molecule is C=C[C@@H]1C[C@]1(CC(=O)[C@@H]1C[C@@H](Oc2cc(-c3nc(C(C)C)cs3)nc3c(Cl)c(OCCN4CCOCC4)ccc23)[C@H]2CC[C@H](C(C)C)C(=O)N21)C(=O)NS(=O)(=O)C1(C)CC1.C=C[C@@H]1C[C@]1(CC(=O)[C@@H]1C[C@@H](Oc2cc(-c3nc(C(C)C)cs3)nc3c(Cl)c(OCCN4CCOCC4)ccc23)[C@H]2CN[C@H](C(C)C)C(=O)N21)C(=O)NS(=O)(=O)C1(C)CC1. The van der Waals surface area contributed by atoms with Crippen molar-refractivity contribution in [3.63, 3.8) is 0 Å². The van der Waals surface area contributed by atoms with Gasteiger partial charge in [-0.05, 0) is 125 Å². The number of thiazole rings is 2. The lowest BCUT2D eigenvalue weighted by Gasteiger charge is -2.40. The lowest BCUT2D eigenvalue weighted by Crippen LogP contribution is -2.64. The van der Waals surface area contributed by atoms with Crippen molar-refractivity contribution in [2.45, 2.75) is 210 Å². The summed E-state index contributed by atoms with van der Waals surface area (Å²) in [4.78, 5) is 113. The number of carbonyl (C=O) groups excluding carboxylic acids is 6. The second-order valence-electron chi connectivity index (χ2n) is 36.1. The van der Waals surface area contributed by atoms with Gasteiger partial charge < -0.3 is 43.5 Å². The number of hydrogen-bond acceptors (Lipinski definition) is 25. The van der Waals surface area contributed by atoms with Gasteiger partial charge in [0.25, 0.3) is 0 Å². The van der Waals surface area contributed by atoms with Crippen LogP contribution in [-0.2, 0) is 58.3 Å². The van der Waals surface area contributed by atoms with Crippen molar-refractivity contribution in [2.24, 2.45) is 40.4 Å². The number of carbonyl (C=O) groups is 6. The molecular weight excluding hydrogens is 1650 g/mol. The third-order valence-corrected chi connectivity index (χ3v) is 33.4. The third kappa shape index (κ3) is 17.4. The standard InChI is InChI=1S/C44H56ClN5O8S2.C43H55ClN6O8S2/c1-7-27-22-44(27,42(53)48-60(54,55)43(6)12-13-43)23-34(51)33-21-37(32-10-8-28(25(2)3)41(52)50(32)33)58-36-20-30(40-47-31(24-59-40)26(4)5)46-39-29(36)9-11-35(38(39)45)57-19-16-49-14-17-56-18-15-49;1-7-26-20-43(26,41(53)48-60(54,55)42(6)10-11-42)21-32(51)30-19-35(31-22-45-37(25(4)5)40(52)50(30)31)58-34-18-28(39-47-29(23-59-39)24(2)3)46-38-27(34)8-9-33(36(38)44)57-17-14-49-12-15-56-16-13-49/h7,9,11,20,24-28,32-33,37H,1,8,10,12-19,21-23H2,2-6H3,(H,48,53);7-9,18,23-26,30-31,35,37,45H,1,10-17,19-22H2,2-6H3,(H,48,53)/t27-,28-,32-,33+,37-,44-;26-,30+,31-,35-,37-,43-/m11/s1. The van der Waals surface area contributed by atoms with Crippen LogP contribution in [0, 0.1) is 40.4 Å². The number of sulfonamides is 2. The number of benzene rings is 2. The van der Waals surface area contributed by atoms with Crippen LogP contribution < -0.4 is 33.7 Å². The van der Waals surface area contributed by atoms with Gasteiger partial charge in [0.15, 0.2) is 11.6 Å². The molecule has 648 valence electrons. The summed E-state index contributed by atoms with van der Waals surface area (Å²) in [5, 5.41) is 10.8. The zero-order valence-electron chi connectivity index (χ0n) is 69.9. The number of nitrogens with one attached hydrogen (secondary N) is 3. The molecule has 6 aliphatic heterocycles. The molecule has 33 heteroatoms. The van der Waals surface area contributed by atoms with E-state index in [2.05, 4.69) is 65.4 Å². The number of hydrogen-bond donors (Lipinski definition) is 3. The van der Waals surface area contributed by atoms with E-state index in [1.807, 2.05) is 74.9 Å². The van der Waals surface area contributed by atoms with E-state index >= 15 is 0 Å². The number of fused-ring (bicyclic) bond motifs is 4. The van der Waals surface area contributed by atoms with Crippen molar-refractivity contribution in [3.05, 3.63) is 93.9 Å². The number of ether oxygens (including phenoxy) is 6. The Hall–Kier alpha value is -7.30. The summed E-state index contributed by atoms with van der Waals surface area (Å²) in [6.45, 7) is 36.1. The van der Waals surface area contributed by atoms with Gasteiger partial charge in [-0.2, -0.15) is 0 Å². The summed E-state index contributed by atoms with van der Waals surface area (Å²) in [7, 11) is -7.86. The molecule has 10 heterocycles. The van der Waals surface area contributed by atoms with Gasteiger partial charge in [-0.25, -0.2) is 36.8 Å². The van der Waals surface area contributed by atoms with Crippen LogP contribution in [0.2, 0.25) is 10.0 Å². The van der Waals surface area contributed by atoms with E-state index < -0.39 is 94.6 Å². The van der Waals surface area contributed by atoms with E-state index in [1.165, 1.54) is 22.7 Å². The molecule has 27 nitrogen and oxygen atoms in total. The quantitative estimate of drug-likeness (QED) is 0.0330. The molecule has 4 amide bonds. The first-order valence-corrected chi connectivity index (χ1v) is 47.8. The van der Waals surface area contributed by atoms with Crippen LogP contribution in [-0.4, -0.2) is 229 Å². The molecule has 6 aromatic rings. The van der Waals surface area contributed by atoms with Crippen molar-refractivity contribution in [1.29, 1.82) is 0 Å². The van der Waals surface area contributed by atoms with Gasteiger partial charge in [-0.1, -0.05) is 90.7 Å². The number of amides is 4. The molecule has 4 saturated carbocycles. The number of aromatic nitrogens is 4. The summed E-state index contributed by atoms with van der Waals surface area (Å²) in [6, 6.07) is 7.87. The highest BCUT2D eigenvalue weighted by Crippen LogP contribution is 2.60. The predicted molar refractivity (Wildman–Crippen MR) is 461 cm³/mol. The van der Waals surface area contributed by atoms with Crippen molar-refractivity contribution < 1.29 is 74.0 Å². The van der Waals surface area contributed by atoms with E-state index in [1.54, 1.807) is 35.8 Å². The number of morpholine rings is 2. The minimum absolute atomic E-state index is 0.0537. The molecule has 120 heavy (non-hydrogen) atoms. The smallest absolute Gasteiger partial charge is 0.241 e. The van der Waals surface area contributed by atoms with E-state index in [-0.39, 0.29) is 90.5 Å². The summed E-state index contributed by atoms with van der Waals surface area (Å²) >= 11 is 17.2. The van der Waals surface area contributed by atoms with E-state index in [9.17, 15) is 45.6 Å². The molecule has 10 aliphatic rings. The lowest BCUT2D eigenvalue weighted by atomic mass is 9.84. The van der Waals surface area contributed by atoms with Crippen molar-refractivity contribution in [1.82, 2.24) is 54.3 Å². The number of piperidine rings is 1. The van der Waals surface area contributed by atoms with Crippen LogP contribution in [0.1, 0.15) is 170 Å². The molecule has 6 saturated heterocycles. The van der Waals surface area contributed by atoms with Crippen molar-refractivity contribution >= 4 is 123 Å². The Kier molecular flexibility index (Phi) is 25.3. The monoisotopic (exact) mass is 1760 g/mol. The summed E-state index contributed by atoms with van der Waals surface area (Å²) in [5.41, 5.74) is 1.47. The molecule has 16 rings (SSSR count). The van der Waals surface area contributed by atoms with Gasteiger partial charge in [-0.3, -0.25) is 48.0 Å². The maximum Gasteiger partial charge on any atom is 0.241 e. The van der Waals surface area contributed by atoms with Crippen molar-refractivity contribution in [3.8, 4) is 44.4 Å². The van der Waals surface area contributed by atoms with Gasteiger partial charge in [0.2, 0.25) is 43.7 Å². The fourth-order valence-electron chi connectivity index (χ4n) is 17.9. The Balaban J connectivity index is 0.000000187. The number of Topliss-reactive ketones (excluding diaryl/α,β-unsaturated/α-hetero) is 2. The van der Waals surface area contributed by atoms with Crippen LogP contribution in [0.4, 0.5) is 0 Å². The Labute approximate surface area is 720 Å². The first kappa shape index (κ1) is 87.6.